The third kappa shape index (κ3) is 9.01. The topological polar surface area (TPSA) is 154 Å². The minimum absolute atomic E-state index is 0.0832. The van der Waals surface area contributed by atoms with Crippen LogP contribution in [0.4, 0.5) is 4.39 Å². The highest BCUT2D eigenvalue weighted by Crippen LogP contribution is 2.31. The Morgan fingerprint density at radius 1 is 1.05 bits per heavy atom. The number of hydrogen-bond acceptors (Lipinski definition) is 6. The van der Waals surface area contributed by atoms with Crippen LogP contribution in [-0.4, -0.2) is 71.9 Å². The van der Waals surface area contributed by atoms with E-state index in [0.29, 0.717) is 24.1 Å². The molecule has 0 saturated carbocycles. The molecule has 0 bridgehead atoms. The maximum atomic E-state index is 13.7. The number of aromatic hydroxyl groups is 1. The number of nitrogens with two attached hydrogens (primary N) is 1. The Kier molecular flexibility index (Phi) is 11.0. The molecule has 1 aliphatic rings. The van der Waals surface area contributed by atoms with Crippen LogP contribution in [0.15, 0.2) is 42.5 Å². The number of benzene rings is 2. The number of phenolic OH excluding ortho intramolecular Hbond substituents is 1. The molecule has 2 aromatic carbocycles. The van der Waals surface area contributed by atoms with Gasteiger partial charge in [0.05, 0.1) is 6.04 Å². The van der Waals surface area contributed by atoms with E-state index in [1.165, 1.54) is 24.1 Å². The molecular weight excluding hydrogens is 541 g/mol. The minimum Gasteiger partial charge on any atom is -0.508 e. The van der Waals surface area contributed by atoms with Crippen LogP contribution in [0.1, 0.15) is 56.7 Å². The third-order valence-corrected chi connectivity index (χ3v) is 7.37. The van der Waals surface area contributed by atoms with E-state index < -0.39 is 41.7 Å². The number of halogens is 1. The smallest absolute Gasteiger partial charge is 0.243 e. The SMILES string of the molecule is CN(C(=O)[C@@H](N)Cc1ccc(F)cc1)C1CCCNC(=O)CCNC(=O)C(Cc2ccc(O)c(C(C)(C)C)c2)NC1=O. The lowest BCUT2D eigenvalue weighted by molar-refractivity contribution is -0.141. The predicted molar refractivity (Wildman–Crippen MR) is 157 cm³/mol. The van der Waals surface area contributed by atoms with Gasteiger partial charge in [-0.25, -0.2) is 4.39 Å². The quantitative estimate of drug-likeness (QED) is 0.349. The summed E-state index contributed by atoms with van der Waals surface area (Å²) in [5, 5.41) is 18.7. The van der Waals surface area contributed by atoms with Gasteiger partial charge in [0.1, 0.15) is 23.7 Å². The molecule has 0 radical (unpaired) electrons. The molecule has 11 heteroatoms. The lowest BCUT2D eigenvalue weighted by Crippen LogP contribution is -2.57. The fourth-order valence-corrected chi connectivity index (χ4v) is 4.94. The molecule has 3 rings (SSSR count). The fraction of sp³-hybridized carbons (Fsp3) is 0.484. The number of nitrogens with one attached hydrogen (secondary N) is 3. The summed E-state index contributed by atoms with van der Waals surface area (Å²) in [6.07, 6.45) is 0.990. The normalized spacial score (nSPS) is 19.7. The highest BCUT2D eigenvalue weighted by molar-refractivity contribution is 5.93. The van der Waals surface area contributed by atoms with Crippen molar-refractivity contribution < 1.29 is 28.7 Å². The second kappa shape index (κ2) is 14.3. The van der Waals surface area contributed by atoms with Crippen molar-refractivity contribution in [1.82, 2.24) is 20.9 Å². The number of carbonyl (C=O) groups excluding carboxylic acids is 4. The molecule has 0 aliphatic carbocycles. The molecule has 228 valence electrons. The summed E-state index contributed by atoms with van der Waals surface area (Å²) in [4.78, 5) is 53.7. The molecule has 1 saturated heterocycles. The predicted octanol–water partition coefficient (Wildman–Crippen LogP) is 1.67. The van der Waals surface area contributed by atoms with Crippen molar-refractivity contribution in [3.05, 3.63) is 65.0 Å². The van der Waals surface area contributed by atoms with Gasteiger partial charge in [0.25, 0.3) is 0 Å². The molecule has 10 nitrogen and oxygen atoms in total. The summed E-state index contributed by atoms with van der Waals surface area (Å²) in [5.74, 6) is -1.98. The van der Waals surface area contributed by atoms with Crippen molar-refractivity contribution in [3.63, 3.8) is 0 Å². The van der Waals surface area contributed by atoms with Crippen LogP contribution in [0.5, 0.6) is 5.75 Å². The van der Waals surface area contributed by atoms with Crippen molar-refractivity contribution in [1.29, 1.82) is 0 Å². The van der Waals surface area contributed by atoms with Gasteiger partial charge < -0.3 is 31.7 Å². The van der Waals surface area contributed by atoms with E-state index >= 15 is 0 Å². The molecular formula is C31H42FN5O5. The summed E-state index contributed by atoms with van der Waals surface area (Å²) in [7, 11) is 1.48. The minimum atomic E-state index is -1.00. The number of phenols is 1. The Balaban J connectivity index is 1.85. The maximum Gasteiger partial charge on any atom is 0.243 e. The second-order valence-electron chi connectivity index (χ2n) is 11.8. The van der Waals surface area contributed by atoms with Crippen LogP contribution in [0, 0.1) is 5.82 Å². The molecule has 0 spiro atoms. The first-order chi connectivity index (χ1) is 19.8. The van der Waals surface area contributed by atoms with Crippen molar-refractivity contribution >= 4 is 23.6 Å². The van der Waals surface area contributed by atoms with Crippen LogP contribution < -0.4 is 21.7 Å². The van der Waals surface area contributed by atoms with Gasteiger partial charge in [-0.2, -0.15) is 0 Å². The summed E-state index contributed by atoms with van der Waals surface area (Å²) in [6.45, 7) is 6.28. The zero-order chi connectivity index (χ0) is 31.0. The van der Waals surface area contributed by atoms with E-state index in [0.717, 1.165) is 5.56 Å². The zero-order valence-electron chi connectivity index (χ0n) is 24.7. The molecule has 4 amide bonds. The van der Waals surface area contributed by atoms with Crippen LogP contribution in [0.2, 0.25) is 0 Å². The Morgan fingerprint density at radius 2 is 1.71 bits per heavy atom. The Morgan fingerprint density at radius 3 is 2.38 bits per heavy atom. The molecule has 1 heterocycles. The highest BCUT2D eigenvalue weighted by atomic mass is 19.1. The van der Waals surface area contributed by atoms with Gasteiger partial charge in [0.15, 0.2) is 0 Å². The number of amides is 4. The standard InChI is InChI=1S/C31H42FN5O5/c1-31(2,3)22-16-20(9-12-26(22)38)18-24-28(40)35-15-13-27(39)34-14-5-6-25(29(41)36-24)37(4)30(42)23(33)17-19-7-10-21(32)11-8-19/h7-12,16,23-25,38H,5-6,13-15,17-18,33H2,1-4H3,(H,34,39)(H,35,40)(H,36,41)/t23-,24?,25?/m0/s1. The van der Waals surface area contributed by atoms with Crippen LogP contribution in [0.25, 0.3) is 0 Å². The largest absolute Gasteiger partial charge is 0.508 e. The molecule has 6 N–H and O–H groups in total. The third-order valence-electron chi connectivity index (χ3n) is 7.37. The zero-order valence-corrected chi connectivity index (χ0v) is 24.7. The Bertz CT molecular complexity index is 1280. The van der Waals surface area contributed by atoms with Gasteiger partial charge in [-0.3, -0.25) is 19.2 Å². The van der Waals surface area contributed by atoms with Gasteiger partial charge >= 0.3 is 0 Å². The average molecular weight is 584 g/mol. The van der Waals surface area contributed by atoms with E-state index in [1.807, 2.05) is 26.8 Å². The van der Waals surface area contributed by atoms with Gasteiger partial charge in [-0.15, -0.1) is 0 Å². The summed E-state index contributed by atoms with van der Waals surface area (Å²) in [5.41, 5.74) is 7.95. The molecule has 42 heavy (non-hydrogen) atoms. The lowest BCUT2D eigenvalue weighted by Gasteiger charge is -2.31. The highest BCUT2D eigenvalue weighted by Gasteiger charge is 2.33. The van der Waals surface area contributed by atoms with Crippen LogP contribution in [-0.2, 0) is 37.4 Å². The van der Waals surface area contributed by atoms with Crippen LogP contribution >= 0.6 is 0 Å². The number of rotatable bonds is 6. The number of carbonyl (C=O) groups is 4. The number of likely N-dealkylation sites (N-methyl/N-ethyl adjacent to an activating group) is 1. The van der Waals surface area contributed by atoms with E-state index in [-0.39, 0.29) is 49.3 Å². The van der Waals surface area contributed by atoms with E-state index in [2.05, 4.69) is 16.0 Å². The molecule has 2 aromatic rings. The molecule has 0 aromatic heterocycles. The average Bonchev–Trinajstić information content (AvgIpc) is 2.93. The first-order valence-electron chi connectivity index (χ1n) is 14.2. The Labute approximate surface area is 246 Å². The van der Waals surface area contributed by atoms with Gasteiger partial charge in [0, 0.05) is 33.0 Å². The Hall–Kier alpha value is -3.99. The molecule has 1 fully saturated rings. The van der Waals surface area contributed by atoms with E-state index in [1.54, 1.807) is 24.3 Å². The lowest BCUT2D eigenvalue weighted by atomic mass is 9.84. The van der Waals surface area contributed by atoms with Crippen molar-refractivity contribution in [2.75, 3.05) is 20.1 Å². The summed E-state index contributed by atoms with van der Waals surface area (Å²) in [6, 6.07) is 7.80. The summed E-state index contributed by atoms with van der Waals surface area (Å²) >= 11 is 0. The summed E-state index contributed by atoms with van der Waals surface area (Å²) < 4.78 is 13.3. The van der Waals surface area contributed by atoms with Crippen LogP contribution in [0.3, 0.4) is 0 Å². The first-order valence-corrected chi connectivity index (χ1v) is 14.2. The molecule has 3 atom stereocenters. The molecule has 1 aliphatic heterocycles. The van der Waals surface area contributed by atoms with Gasteiger partial charge in [-0.05, 0) is 59.6 Å². The van der Waals surface area contributed by atoms with Crippen molar-refractivity contribution in [2.24, 2.45) is 5.73 Å². The molecule has 2 unspecified atom stereocenters. The number of hydrogen-bond donors (Lipinski definition) is 5. The number of nitrogens with zero attached hydrogens (tertiary/aromatic N) is 1. The van der Waals surface area contributed by atoms with Crippen molar-refractivity contribution in [3.8, 4) is 5.75 Å². The van der Waals surface area contributed by atoms with Gasteiger partial charge in [0.2, 0.25) is 23.6 Å². The van der Waals surface area contributed by atoms with E-state index in [4.69, 9.17) is 5.73 Å². The van der Waals surface area contributed by atoms with E-state index in [9.17, 15) is 28.7 Å². The first kappa shape index (κ1) is 32.5. The maximum absolute atomic E-state index is 13.7. The fourth-order valence-electron chi connectivity index (χ4n) is 4.94. The second-order valence-corrected chi connectivity index (χ2v) is 11.8. The monoisotopic (exact) mass is 583 g/mol. The van der Waals surface area contributed by atoms with Gasteiger partial charge in [-0.1, -0.05) is 45.0 Å². The van der Waals surface area contributed by atoms with Crippen molar-refractivity contribution in [2.45, 2.75) is 76.4 Å².